The van der Waals surface area contributed by atoms with E-state index in [1.165, 1.54) is 6.92 Å². The molecule has 0 spiro atoms. The number of rotatable bonds is 35. The molecule has 22 N–H and O–H groups in total. The molecule has 0 fully saturated rings. The molecule has 2 aromatic carbocycles. The summed E-state index contributed by atoms with van der Waals surface area (Å²) in [5.74, 6) is -6.93. The summed E-state index contributed by atoms with van der Waals surface area (Å²) in [6.45, 7) is 1.66. The number of benzene rings is 2. The molecule has 3 aromatic rings. The summed E-state index contributed by atoms with van der Waals surface area (Å²) < 4.78 is 0. The van der Waals surface area contributed by atoms with Crippen molar-refractivity contribution in [3.63, 3.8) is 0 Å². The van der Waals surface area contributed by atoms with Crippen molar-refractivity contribution < 1.29 is 47.9 Å². The van der Waals surface area contributed by atoms with E-state index < -0.39 is 115 Å². The van der Waals surface area contributed by atoms with Gasteiger partial charge in [-0.2, -0.15) is 0 Å². The number of fused-ring (bicyclic) bond motifs is 1. The van der Waals surface area contributed by atoms with Crippen molar-refractivity contribution in [3.05, 3.63) is 71.9 Å². The van der Waals surface area contributed by atoms with E-state index in [0.29, 0.717) is 36.7 Å². The van der Waals surface area contributed by atoms with E-state index in [9.17, 15) is 47.9 Å². The minimum absolute atomic E-state index is 0.0232. The van der Waals surface area contributed by atoms with Crippen LogP contribution in [0.1, 0.15) is 82.3 Å². The number of amides is 9. The van der Waals surface area contributed by atoms with Gasteiger partial charge in [-0.05, 0) is 68.6 Å². The quantitative estimate of drug-likeness (QED) is 0.0115. The van der Waals surface area contributed by atoms with Gasteiger partial charge in [0, 0.05) is 62.5 Å². The second kappa shape index (κ2) is 32.5. The zero-order valence-corrected chi connectivity index (χ0v) is 42.5. The Morgan fingerprint density at radius 1 is 0.592 bits per heavy atom. The average Bonchev–Trinajstić information content (AvgIpc) is 3.76. The van der Waals surface area contributed by atoms with Crippen LogP contribution in [0, 0.1) is 0 Å². The highest BCUT2D eigenvalue weighted by atomic mass is 16.2. The van der Waals surface area contributed by atoms with Crippen molar-refractivity contribution in [3.8, 4) is 0 Å². The first-order valence-corrected chi connectivity index (χ1v) is 24.7. The number of primary amides is 2. The lowest BCUT2D eigenvalue weighted by Gasteiger charge is -2.26. The molecule has 27 heteroatoms. The molecule has 0 aliphatic carbocycles. The van der Waals surface area contributed by atoms with E-state index >= 15 is 0 Å². The fraction of sp³-hybridized carbons (Fsp3) is 0.469. The Labute approximate surface area is 439 Å². The summed E-state index contributed by atoms with van der Waals surface area (Å²) in [5, 5.41) is 19.2. The smallest absolute Gasteiger partial charge is 0.243 e. The molecule has 7 atom stereocenters. The minimum atomic E-state index is -1.47. The van der Waals surface area contributed by atoms with Crippen LogP contribution in [0.3, 0.4) is 0 Å². The summed E-state index contributed by atoms with van der Waals surface area (Å²) >= 11 is 0. The fourth-order valence-corrected chi connectivity index (χ4v) is 7.88. The molecular weight excluding hydrogens is 987 g/mol. The molecule has 414 valence electrons. The summed E-state index contributed by atoms with van der Waals surface area (Å²) in [6.07, 6.45) is 2.51. The van der Waals surface area contributed by atoms with Gasteiger partial charge in [-0.3, -0.25) is 53.1 Å². The number of guanidine groups is 2. The minimum Gasteiger partial charge on any atom is -0.370 e. The maximum atomic E-state index is 14.4. The molecule has 0 saturated heterocycles. The first kappa shape index (κ1) is 61.7. The second-order valence-electron chi connectivity index (χ2n) is 18.0. The zero-order valence-electron chi connectivity index (χ0n) is 42.5. The molecule has 76 heavy (non-hydrogen) atoms. The largest absolute Gasteiger partial charge is 0.370 e. The van der Waals surface area contributed by atoms with E-state index in [0.717, 1.165) is 10.9 Å². The summed E-state index contributed by atoms with van der Waals surface area (Å²) in [6, 6.07) is 7.74. The van der Waals surface area contributed by atoms with E-state index in [1.807, 2.05) is 24.3 Å². The van der Waals surface area contributed by atoms with Crippen LogP contribution in [0.25, 0.3) is 10.9 Å². The number of hydrogen-bond donors (Lipinski definition) is 15. The van der Waals surface area contributed by atoms with Crippen molar-refractivity contribution in [1.82, 2.24) is 42.2 Å². The molecule has 1 aromatic heterocycles. The number of nitrogens with one attached hydrogen (secondary N) is 8. The summed E-state index contributed by atoms with van der Waals surface area (Å²) in [5.41, 5.74) is 40.6. The zero-order chi connectivity index (χ0) is 56.2. The molecule has 1 unspecified atom stereocenters. The van der Waals surface area contributed by atoms with Crippen LogP contribution >= 0.6 is 0 Å². The third-order valence-corrected chi connectivity index (χ3v) is 11.6. The summed E-state index contributed by atoms with van der Waals surface area (Å²) in [4.78, 5) is 140. The Kier molecular flexibility index (Phi) is 26.4. The number of nitrogens with zero attached hydrogens (tertiary/aromatic N) is 2. The third-order valence-electron chi connectivity index (χ3n) is 11.6. The van der Waals surface area contributed by atoms with Crippen molar-refractivity contribution in [2.24, 2.45) is 50.1 Å². The number of carbonyl (C=O) groups excluding carboxylic acids is 10. The fourth-order valence-electron chi connectivity index (χ4n) is 7.88. The molecule has 0 bridgehead atoms. The van der Waals surface area contributed by atoms with Gasteiger partial charge in [0.05, 0.1) is 24.9 Å². The van der Waals surface area contributed by atoms with Crippen LogP contribution in [0.2, 0.25) is 0 Å². The molecule has 0 saturated carbocycles. The lowest BCUT2D eigenvalue weighted by Crippen LogP contribution is -2.57. The predicted octanol–water partition coefficient (Wildman–Crippen LogP) is -4.06. The number of nitrogens with two attached hydrogens (primary N) is 7. The lowest BCUT2D eigenvalue weighted by molar-refractivity contribution is -0.133. The van der Waals surface area contributed by atoms with Crippen LogP contribution in [0.4, 0.5) is 0 Å². The van der Waals surface area contributed by atoms with Gasteiger partial charge in [-0.15, -0.1) is 0 Å². The van der Waals surface area contributed by atoms with Gasteiger partial charge in [0.15, 0.2) is 11.9 Å². The number of para-hydroxylation sites is 1. The Bertz CT molecular complexity index is 2510. The predicted molar refractivity (Wildman–Crippen MR) is 282 cm³/mol. The third kappa shape index (κ3) is 23.5. The number of unbranched alkanes of at least 4 members (excludes halogenated alkanes) is 1. The number of carbonyl (C=O) groups is 10. The highest BCUT2D eigenvalue weighted by molar-refractivity contribution is 5.95. The maximum Gasteiger partial charge on any atom is 0.243 e. The topological polar surface area (TPSA) is 478 Å². The average molecular weight is 1060 g/mol. The molecule has 1 heterocycles. The number of hydrogen-bond acceptors (Lipinski definition) is 13. The molecule has 9 amide bonds. The van der Waals surface area contributed by atoms with Crippen molar-refractivity contribution in [1.29, 1.82) is 0 Å². The molecule has 3 rings (SSSR count). The normalized spacial score (nSPS) is 13.6. The van der Waals surface area contributed by atoms with Crippen molar-refractivity contribution in [2.75, 3.05) is 19.6 Å². The Balaban J connectivity index is 1.73. The van der Waals surface area contributed by atoms with Crippen LogP contribution < -0.4 is 77.4 Å². The van der Waals surface area contributed by atoms with E-state index in [2.05, 4.69) is 52.2 Å². The van der Waals surface area contributed by atoms with E-state index in [1.54, 1.807) is 36.5 Å². The highest BCUT2D eigenvalue weighted by Gasteiger charge is 2.31. The van der Waals surface area contributed by atoms with Gasteiger partial charge in [-0.1, -0.05) is 48.5 Å². The monoisotopic (exact) mass is 1060 g/mol. The number of aliphatic imine (C=N–C) groups is 2. The van der Waals surface area contributed by atoms with Gasteiger partial charge in [0.25, 0.3) is 0 Å². The van der Waals surface area contributed by atoms with Crippen molar-refractivity contribution >= 4 is 82.3 Å². The standard InChI is InChI=1S/C49H73N17O10/c1-28(68)61-36(16-9-19-58-48(53)54)45(74)62-31(27-67)13-7-8-18-57-41(70)25-38(43(52)72)64-42(71)23-32(22-30-26-60-35-15-6-5-14-33(30)35)63-46(75)37(17-10-20-59-49(55)56)65-47(76)39(21-29-11-3-2-4-12-29)66-44(73)34(50)24-40(51)69/h2-6,11-12,14-15,26-27,31-32,34,36-39,60H,7-10,13,16-25,50H2,1H3,(H2,51,69)(H2,52,72)(H,57,70)(H,61,68)(H,62,74)(H,63,75)(H,64,71)(H,65,76)(H,66,73)(H4,53,54,58)(H4,55,56,59)/t31-,32-,34-,36-,37-,38-,39?/m0/s1. The molecule has 0 aliphatic rings. The van der Waals surface area contributed by atoms with Gasteiger partial charge in [0.1, 0.15) is 30.5 Å². The SMILES string of the molecule is CC(=O)N[C@@H](CCCN=C(N)N)C(=O)N[C@H](C=O)CCCCNC(=O)C[C@H](NC(=O)C[C@H](Cc1c[nH]c2ccccc12)NC(=O)[C@H](CCCN=C(N)N)NC(=O)C(Cc1ccccc1)NC(=O)[C@@H](N)CC(N)=O)C(N)=O. The number of aromatic nitrogens is 1. The Morgan fingerprint density at radius 2 is 1.18 bits per heavy atom. The van der Waals surface area contributed by atoms with Crippen LogP contribution in [0.15, 0.2) is 70.8 Å². The van der Waals surface area contributed by atoms with E-state index in [4.69, 9.17) is 40.1 Å². The number of aromatic amines is 1. The van der Waals surface area contributed by atoms with Gasteiger partial charge in [0.2, 0.25) is 53.2 Å². The number of aldehydes is 1. The first-order chi connectivity index (χ1) is 36.1. The van der Waals surface area contributed by atoms with Gasteiger partial charge >= 0.3 is 0 Å². The second-order valence-corrected chi connectivity index (χ2v) is 18.0. The van der Waals surface area contributed by atoms with E-state index in [-0.39, 0.29) is 70.1 Å². The Morgan fingerprint density at radius 3 is 1.79 bits per heavy atom. The lowest BCUT2D eigenvalue weighted by atomic mass is 10.00. The van der Waals surface area contributed by atoms with Gasteiger partial charge in [-0.25, -0.2) is 0 Å². The maximum absolute atomic E-state index is 14.4. The van der Waals surface area contributed by atoms with Crippen LogP contribution in [-0.4, -0.2) is 138 Å². The molecule has 27 nitrogen and oxygen atoms in total. The van der Waals surface area contributed by atoms with Gasteiger partial charge < -0.3 is 87.1 Å². The summed E-state index contributed by atoms with van der Waals surface area (Å²) in [7, 11) is 0. The first-order valence-electron chi connectivity index (χ1n) is 24.7. The number of H-pyrrole nitrogens is 1. The van der Waals surface area contributed by atoms with Crippen LogP contribution in [-0.2, 0) is 60.8 Å². The van der Waals surface area contributed by atoms with Crippen LogP contribution in [0.5, 0.6) is 0 Å². The van der Waals surface area contributed by atoms with Crippen molar-refractivity contribution in [2.45, 2.75) is 126 Å². The molecular formula is C49H73N17O10. The molecule has 0 radical (unpaired) electrons. The Hall–Kier alpha value is -8.62. The molecule has 0 aliphatic heterocycles. The highest BCUT2D eigenvalue weighted by Crippen LogP contribution is 2.20.